The van der Waals surface area contributed by atoms with Crippen LogP contribution >= 0.6 is 0 Å². The lowest BCUT2D eigenvalue weighted by molar-refractivity contribution is -0.0742. The molecule has 2 heteroatoms. The molecule has 0 aromatic heterocycles. The van der Waals surface area contributed by atoms with Crippen LogP contribution in [-0.2, 0) is 4.74 Å². The molecule has 0 aliphatic carbocycles. The average molecular weight is 128 g/mol. The highest BCUT2D eigenvalue weighted by Gasteiger charge is 2.21. The lowest BCUT2D eigenvalue weighted by Gasteiger charge is -2.40. The number of ether oxygens (including phenoxy) is 1. The first-order valence-corrected chi connectivity index (χ1v) is 3.30. The smallest absolute Gasteiger partial charge is 0.0729 e. The lowest BCUT2D eigenvalue weighted by atomic mass is 10.1. The first-order valence-electron chi connectivity index (χ1n) is 3.30. The van der Waals surface area contributed by atoms with E-state index >= 15 is 0 Å². The van der Waals surface area contributed by atoms with Gasteiger partial charge in [0.05, 0.1) is 12.2 Å². The van der Waals surface area contributed by atoms with Gasteiger partial charge in [0, 0.05) is 0 Å². The molecule has 0 spiro atoms. The van der Waals surface area contributed by atoms with Crippen molar-refractivity contribution in [3.05, 3.63) is 7.05 Å². The van der Waals surface area contributed by atoms with Gasteiger partial charge in [-0.15, -0.1) is 0 Å². The van der Waals surface area contributed by atoms with Gasteiger partial charge in [-0.1, -0.05) is 0 Å². The lowest BCUT2D eigenvalue weighted by Crippen LogP contribution is -2.45. The predicted octanol–water partition coefficient (Wildman–Crippen LogP) is 0.889. The third-order valence-corrected chi connectivity index (χ3v) is 1.50. The minimum atomic E-state index is 0.0139. The van der Waals surface area contributed by atoms with E-state index in [1.165, 1.54) is 0 Å². The Morgan fingerprint density at radius 1 is 1.56 bits per heavy atom. The van der Waals surface area contributed by atoms with Crippen LogP contribution in [0.3, 0.4) is 0 Å². The molecule has 1 heterocycles. The summed E-state index contributed by atoms with van der Waals surface area (Å²) in [6, 6.07) is 0. The van der Waals surface area contributed by atoms with E-state index in [0.29, 0.717) is 0 Å². The third kappa shape index (κ3) is 1.95. The SMILES string of the molecule is [CH2-]N1CCOC(C)(C)C1. The summed E-state index contributed by atoms with van der Waals surface area (Å²) in [7, 11) is 3.85. The first kappa shape index (κ1) is 7.03. The van der Waals surface area contributed by atoms with Crippen molar-refractivity contribution in [2.75, 3.05) is 19.7 Å². The van der Waals surface area contributed by atoms with Crippen LogP contribution in [0.2, 0.25) is 0 Å². The van der Waals surface area contributed by atoms with E-state index in [9.17, 15) is 0 Å². The zero-order chi connectivity index (χ0) is 6.91. The standard InChI is InChI=1S/C7H14NO/c1-7(2)6-8(3)4-5-9-7/h3-6H2,1-2H3/q-1. The van der Waals surface area contributed by atoms with E-state index in [2.05, 4.69) is 20.9 Å². The molecule has 1 fully saturated rings. The van der Waals surface area contributed by atoms with Crippen LogP contribution in [0.1, 0.15) is 13.8 Å². The van der Waals surface area contributed by atoms with Crippen LogP contribution in [0.4, 0.5) is 0 Å². The van der Waals surface area contributed by atoms with Crippen LogP contribution in [0.15, 0.2) is 0 Å². The van der Waals surface area contributed by atoms with Gasteiger partial charge in [-0.25, -0.2) is 0 Å². The van der Waals surface area contributed by atoms with E-state index in [0.717, 1.165) is 19.7 Å². The van der Waals surface area contributed by atoms with Crippen molar-refractivity contribution in [1.29, 1.82) is 0 Å². The van der Waals surface area contributed by atoms with Gasteiger partial charge in [-0.3, -0.25) is 7.05 Å². The second-order valence-corrected chi connectivity index (χ2v) is 3.16. The van der Waals surface area contributed by atoms with Crippen LogP contribution in [-0.4, -0.2) is 30.2 Å². The van der Waals surface area contributed by atoms with Crippen LogP contribution in [0, 0.1) is 7.05 Å². The van der Waals surface area contributed by atoms with E-state index in [1.807, 2.05) is 4.90 Å². The molecule has 0 radical (unpaired) electrons. The Hall–Kier alpha value is -0.0800. The maximum Gasteiger partial charge on any atom is 0.0729 e. The molecule has 0 unspecified atom stereocenters. The van der Waals surface area contributed by atoms with Gasteiger partial charge in [-0.05, 0) is 26.9 Å². The summed E-state index contributed by atoms with van der Waals surface area (Å²) in [6.45, 7) is 6.89. The molecule has 54 valence electrons. The normalized spacial score (nSPS) is 28.3. The highest BCUT2D eigenvalue weighted by Crippen LogP contribution is 2.14. The van der Waals surface area contributed by atoms with Gasteiger partial charge in [0.2, 0.25) is 0 Å². The second-order valence-electron chi connectivity index (χ2n) is 3.16. The molecule has 9 heavy (non-hydrogen) atoms. The molecule has 0 N–H and O–H groups in total. The van der Waals surface area contributed by atoms with Gasteiger partial charge in [-0.2, -0.15) is 0 Å². The minimum absolute atomic E-state index is 0.0139. The molecule has 1 aliphatic heterocycles. The quantitative estimate of drug-likeness (QED) is 0.449. The Kier molecular flexibility index (Phi) is 1.78. The Labute approximate surface area is 56.8 Å². The first-order chi connectivity index (χ1) is 4.10. The van der Waals surface area contributed by atoms with E-state index in [1.54, 1.807) is 0 Å². The van der Waals surface area contributed by atoms with E-state index in [4.69, 9.17) is 4.74 Å². The Balaban J connectivity index is 2.41. The maximum atomic E-state index is 5.45. The molecular formula is C7H14NO-. The third-order valence-electron chi connectivity index (χ3n) is 1.50. The number of hydrogen-bond donors (Lipinski definition) is 0. The summed E-state index contributed by atoms with van der Waals surface area (Å²) in [6.07, 6.45) is 0. The highest BCUT2D eigenvalue weighted by atomic mass is 16.5. The van der Waals surface area contributed by atoms with Gasteiger partial charge >= 0.3 is 0 Å². The second kappa shape index (κ2) is 2.27. The summed E-state index contributed by atoms with van der Waals surface area (Å²) in [4.78, 5) is 2.05. The van der Waals surface area contributed by atoms with Gasteiger partial charge < -0.3 is 9.64 Å². The summed E-state index contributed by atoms with van der Waals surface area (Å²) < 4.78 is 5.45. The van der Waals surface area contributed by atoms with Crippen molar-refractivity contribution in [3.63, 3.8) is 0 Å². The predicted molar refractivity (Wildman–Crippen MR) is 37.0 cm³/mol. The van der Waals surface area contributed by atoms with Crippen LogP contribution in [0.25, 0.3) is 0 Å². The molecular weight excluding hydrogens is 114 g/mol. The van der Waals surface area contributed by atoms with Crippen molar-refractivity contribution in [2.45, 2.75) is 19.4 Å². The van der Waals surface area contributed by atoms with Crippen molar-refractivity contribution >= 4 is 0 Å². The van der Waals surface area contributed by atoms with Crippen molar-refractivity contribution < 1.29 is 4.74 Å². The summed E-state index contributed by atoms with van der Waals surface area (Å²) in [5, 5.41) is 0. The monoisotopic (exact) mass is 128 g/mol. The number of morpholine rings is 1. The minimum Gasteiger partial charge on any atom is -0.455 e. The fourth-order valence-electron chi connectivity index (χ4n) is 1.11. The fraction of sp³-hybridized carbons (Fsp3) is 0.857. The Morgan fingerprint density at radius 2 is 2.22 bits per heavy atom. The molecule has 0 atom stereocenters. The van der Waals surface area contributed by atoms with Gasteiger partial charge in [0.15, 0.2) is 0 Å². The maximum absolute atomic E-state index is 5.45. The fourth-order valence-corrected chi connectivity index (χ4v) is 1.11. The number of rotatable bonds is 0. The molecule has 0 aromatic rings. The molecule has 0 aromatic carbocycles. The zero-order valence-corrected chi connectivity index (χ0v) is 6.18. The molecule has 2 nitrogen and oxygen atoms in total. The van der Waals surface area contributed by atoms with Crippen molar-refractivity contribution in [2.24, 2.45) is 0 Å². The zero-order valence-electron chi connectivity index (χ0n) is 6.18. The largest absolute Gasteiger partial charge is 0.455 e. The molecule has 0 amide bonds. The van der Waals surface area contributed by atoms with Gasteiger partial charge in [0.25, 0.3) is 0 Å². The summed E-state index contributed by atoms with van der Waals surface area (Å²) in [5.41, 5.74) is 0.0139. The highest BCUT2D eigenvalue weighted by molar-refractivity contribution is 4.78. The topological polar surface area (TPSA) is 12.5 Å². The molecule has 0 saturated carbocycles. The van der Waals surface area contributed by atoms with Gasteiger partial charge in [0.1, 0.15) is 0 Å². The van der Waals surface area contributed by atoms with E-state index in [-0.39, 0.29) is 5.60 Å². The molecule has 1 rings (SSSR count). The Bertz CT molecular complexity index is 101. The van der Waals surface area contributed by atoms with E-state index < -0.39 is 0 Å². The van der Waals surface area contributed by atoms with Crippen molar-refractivity contribution in [3.8, 4) is 0 Å². The molecule has 1 saturated heterocycles. The molecule has 1 aliphatic rings. The van der Waals surface area contributed by atoms with Crippen LogP contribution < -0.4 is 0 Å². The Morgan fingerprint density at radius 3 is 2.56 bits per heavy atom. The number of nitrogens with zero attached hydrogens (tertiary/aromatic N) is 1. The molecule has 0 bridgehead atoms. The summed E-state index contributed by atoms with van der Waals surface area (Å²) >= 11 is 0. The number of hydrogen-bond acceptors (Lipinski definition) is 2. The average Bonchev–Trinajstić information content (AvgIpc) is 1.60. The van der Waals surface area contributed by atoms with Crippen LogP contribution in [0.5, 0.6) is 0 Å². The summed E-state index contributed by atoms with van der Waals surface area (Å²) in [5.74, 6) is 0. The van der Waals surface area contributed by atoms with Crippen molar-refractivity contribution in [1.82, 2.24) is 4.90 Å².